The van der Waals surface area contributed by atoms with Gasteiger partial charge in [0.1, 0.15) is 5.75 Å². The zero-order chi connectivity index (χ0) is 22.8. The number of hydrogen-bond donors (Lipinski definition) is 3. The number of urea groups is 1. The van der Waals surface area contributed by atoms with E-state index in [0.717, 1.165) is 65.1 Å². The summed E-state index contributed by atoms with van der Waals surface area (Å²) < 4.78 is 5.35. The van der Waals surface area contributed by atoms with Gasteiger partial charge in [0.25, 0.3) is 0 Å². The van der Waals surface area contributed by atoms with Crippen molar-refractivity contribution in [3.63, 3.8) is 0 Å². The Morgan fingerprint density at radius 2 is 1.91 bits per heavy atom. The minimum atomic E-state index is -0.0641. The van der Waals surface area contributed by atoms with E-state index in [0.29, 0.717) is 13.1 Å². The van der Waals surface area contributed by atoms with Crippen LogP contribution in [0.2, 0.25) is 0 Å². The molecule has 2 aliphatic rings. The zero-order valence-corrected chi connectivity index (χ0v) is 19.0. The summed E-state index contributed by atoms with van der Waals surface area (Å²) in [4.78, 5) is 27.5. The third-order valence-corrected chi connectivity index (χ3v) is 6.78. The van der Waals surface area contributed by atoms with Gasteiger partial charge in [-0.1, -0.05) is 12.1 Å². The smallest absolute Gasteiger partial charge is 0.322 e. The average Bonchev–Trinajstić information content (AvgIpc) is 2.79. The molecule has 3 amide bonds. The summed E-state index contributed by atoms with van der Waals surface area (Å²) in [6, 6.07) is 9.83. The molecule has 1 aliphatic carbocycles. The number of methoxy groups -OCH3 is 1. The zero-order valence-electron chi connectivity index (χ0n) is 19.0. The molecule has 0 bridgehead atoms. The van der Waals surface area contributed by atoms with Gasteiger partial charge in [-0.25, -0.2) is 4.79 Å². The summed E-state index contributed by atoms with van der Waals surface area (Å²) in [5.41, 5.74) is 11.7. The molecule has 1 fully saturated rings. The van der Waals surface area contributed by atoms with Gasteiger partial charge in [-0.05, 0) is 73.9 Å². The van der Waals surface area contributed by atoms with Crippen LogP contribution in [0.15, 0.2) is 30.3 Å². The Morgan fingerprint density at radius 3 is 2.59 bits per heavy atom. The normalized spacial score (nSPS) is 20.4. The molecule has 1 aliphatic heterocycles. The Balaban J connectivity index is 1.37. The number of carbonyl (C=O) groups is 2. The lowest BCUT2D eigenvalue weighted by atomic mass is 9.84. The number of nitrogens with one attached hydrogen (secondary N) is 2. The first-order chi connectivity index (χ1) is 15.4. The van der Waals surface area contributed by atoms with Crippen LogP contribution in [-0.2, 0) is 17.9 Å². The van der Waals surface area contributed by atoms with Gasteiger partial charge >= 0.3 is 6.03 Å². The first kappa shape index (κ1) is 22.1. The quantitative estimate of drug-likeness (QED) is 0.650. The van der Waals surface area contributed by atoms with Gasteiger partial charge in [0.15, 0.2) is 0 Å². The Labute approximate surface area is 189 Å². The van der Waals surface area contributed by atoms with Crippen LogP contribution < -0.4 is 21.1 Å². The molecule has 0 spiro atoms. The fourth-order valence-electron chi connectivity index (χ4n) is 4.85. The summed E-state index contributed by atoms with van der Waals surface area (Å²) in [6.45, 7) is 5.09. The average molecular weight is 437 g/mol. The summed E-state index contributed by atoms with van der Waals surface area (Å²) in [5, 5.41) is 6.07. The molecule has 0 atom stereocenters. The largest absolute Gasteiger partial charge is 0.496 e. The molecule has 32 heavy (non-hydrogen) atoms. The first-order valence-corrected chi connectivity index (χ1v) is 11.2. The van der Waals surface area contributed by atoms with Crippen LogP contribution in [-0.4, -0.2) is 30.0 Å². The molecular weight excluding hydrogens is 404 g/mol. The fourth-order valence-corrected chi connectivity index (χ4v) is 4.85. The number of carbonyl (C=O) groups excluding carboxylic acids is 2. The lowest BCUT2D eigenvalue weighted by molar-refractivity contribution is -0.121. The number of ether oxygens (including phenoxy) is 1. The van der Waals surface area contributed by atoms with Crippen LogP contribution in [0.25, 0.3) is 0 Å². The molecule has 0 unspecified atom stereocenters. The van der Waals surface area contributed by atoms with Gasteiger partial charge in [-0.2, -0.15) is 0 Å². The maximum absolute atomic E-state index is 12.8. The molecule has 0 saturated heterocycles. The summed E-state index contributed by atoms with van der Waals surface area (Å²) >= 11 is 0. The van der Waals surface area contributed by atoms with Crippen LogP contribution in [0, 0.1) is 19.8 Å². The van der Waals surface area contributed by atoms with Crippen molar-refractivity contribution in [2.45, 2.75) is 58.7 Å². The van der Waals surface area contributed by atoms with Gasteiger partial charge in [0.05, 0.1) is 13.7 Å². The number of nitrogens with two attached hydrogens (primary N) is 1. The van der Waals surface area contributed by atoms with E-state index in [2.05, 4.69) is 23.6 Å². The van der Waals surface area contributed by atoms with E-state index in [1.54, 1.807) is 7.11 Å². The Kier molecular flexibility index (Phi) is 6.37. The highest BCUT2D eigenvalue weighted by atomic mass is 16.5. The number of fused-ring (bicyclic) bond motifs is 1. The van der Waals surface area contributed by atoms with Gasteiger partial charge < -0.3 is 26.0 Å². The molecular formula is C25H32N4O3. The van der Waals surface area contributed by atoms with E-state index >= 15 is 0 Å². The third kappa shape index (κ3) is 4.43. The van der Waals surface area contributed by atoms with E-state index < -0.39 is 0 Å². The highest BCUT2D eigenvalue weighted by molar-refractivity contribution is 5.94. The number of amides is 3. The van der Waals surface area contributed by atoms with Crippen LogP contribution >= 0.6 is 0 Å². The maximum atomic E-state index is 12.8. The van der Waals surface area contributed by atoms with Crippen molar-refractivity contribution >= 4 is 23.3 Å². The van der Waals surface area contributed by atoms with Gasteiger partial charge in [0.2, 0.25) is 5.91 Å². The monoisotopic (exact) mass is 436 g/mol. The van der Waals surface area contributed by atoms with Gasteiger partial charge in [-0.3, -0.25) is 4.79 Å². The number of benzene rings is 2. The van der Waals surface area contributed by atoms with Crippen molar-refractivity contribution in [3.05, 3.63) is 52.6 Å². The summed E-state index contributed by atoms with van der Waals surface area (Å²) in [5.74, 6) is 0.747. The molecule has 7 heteroatoms. The van der Waals surface area contributed by atoms with Crippen LogP contribution in [0.5, 0.6) is 5.75 Å². The van der Waals surface area contributed by atoms with Gasteiger partial charge in [-0.15, -0.1) is 0 Å². The molecule has 0 radical (unpaired) electrons. The minimum Gasteiger partial charge on any atom is -0.496 e. The second kappa shape index (κ2) is 9.20. The molecule has 1 heterocycles. The van der Waals surface area contributed by atoms with E-state index in [4.69, 9.17) is 10.5 Å². The molecule has 2 aromatic rings. The predicted molar refractivity (Wildman–Crippen MR) is 126 cm³/mol. The van der Waals surface area contributed by atoms with E-state index in [-0.39, 0.29) is 23.9 Å². The standard InChI is InChI=1S/C25H32N4O3/c1-15-4-7-19(12-23(15)32-3)27-24(30)18-5-8-20(9-6-18)29-14-21-16(2)10-17(13-26)11-22(21)28-25(29)31/h4,7,10-12,18,20H,5-6,8-9,13-14,26H2,1-3H3,(H,27,30)(H,28,31). The van der Waals surface area contributed by atoms with Crippen LogP contribution in [0.1, 0.15) is 47.9 Å². The third-order valence-electron chi connectivity index (χ3n) is 6.78. The SMILES string of the molecule is COc1cc(NC(=O)C2CCC(N3Cc4c(C)cc(CN)cc4NC3=O)CC2)ccc1C. The number of rotatable bonds is 5. The summed E-state index contributed by atoms with van der Waals surface area (Å²) in [6.07, 6.45) is 3.17. The van der Waals surface area contributed by atoms with E-state index in [9.17, 15) is 9.59 Å². The lowest BCUT2D eigenvalue weighted by Crippen LogP contribution is -2.47. The highest BCUT2D eigenvalue weighted by Gasteiger charge is 2.34. The Bertz CT molecular complexity index is 1030. The van der Waals surface area contributed by atoms with E-state index in [1.807, 2.05) is 36.1 Å². The number of hydrogen-bond acceptors (Lipinski definition) is 4. The second-order valence-corrected chi connectivity index (χ2v) is 8.88. The topological polar surface area (TPSA) is 96.7 Å². The molecule has 4 rings (SSSR count). The number of anilines is 2. The summed E-state index contributed by atoms with van der Waals surface area (Å²) in [7, 11) is 1.63. The van der Waals surface area contributed by atoms with Crippen molar-refractivity contribution < 1.29 is 14.3 Å². The molecule has 7 nitrogen and oxygen atoms in total. The molecule has 2 aromatic carbocycles. The van der Waals surface area contributed by atoms with Crippen molar-refractivity contribution in [3.8, 4) is 5.75 Å². The number of nitrogens with zero attached hydrogens (tertiary/aromatic N) is 1. The van der Waals surface area contributed by atoms with Gasteiger partial charge in [0, 0.05) is 35.9 Å². The minimum absolute atomic E-state index is 0.0351. The van der Waals surface area contributed by atoms with E-state index in [1.165, 1.54) is 0 Å². The molecule has 1 saturated carbocycles. The van der Waals surface area contributed by atoms with Crippen LogP contribution in [0.3, 0.4) is 0 Å². The van der Waals surface area contributed by atoms with Crippen molar-refractivity contribution in [2.24, 2.45) is 11.7 Å². The van der Waals surface area contributed by atoms with Crippen molar-refractivity contribution in [2.75, 3.05) is 17.7 Å². The number of aryl methyl sites for hydroxylation is 2. The highest BCUT2D eigenvalue weighted by Crippen LogP contribution is 2.34. The second-order valence-electron chi connectivity index (χ2n) is 8.88. The molecule has 170 valence electrons. The first-order valence-electron chi connectivity index (χ1n) is 11.2. The van der Waals surface area contributed by atoms with Crippen molar-refractivity contribution in [1.82, 2.24) is 4.90 Å². The van der Waals surface area contributed by atoms with Crippen molar-refractivity contribution in [1.29, 1.82) is 0 Å². The maximum Gasteiger partial charge on any atom is 0.322 e. The fraction of sp³-hybridized carbons (Fsp3) is 0.440. The Hall–Kier alpha value is -3.06. The molecule has 0 aromatic heterocycles. The Morgan fingerprint density at radius 1 is 1.16 bits per heavy atom. The van der Waals surface area contributed by atoms with Crippen LogP contribution in [0.4, 0.5) is 16.2 Å². The predicted octanol–water partition coefficient (Wildman–Crippen LogP) is 4.32. The molecule has 4 N–H and O–H groups in total. The lowest BCUT2D eigenvalue weighted by Gasteiger charge is -2.39.